The first-order valence-corrected chi connectivity index (χ1v) is 9.10. The van der Waals surface area contributed by atoms with Crippen molar-refractivity contribution < 1.29 is 9.59 Å². The van der Waals surface area contributed by atoms with Crippen LogP contribution in [0.25, 0.3) is 0 Å². The predicted octanol–water partition coefficient (Wildman–Crippen LogP) is 2.66. The summed E-state index contributed by atoms with van der Waals surface area (Å²) in [7, 11) is 0. The highest BCUT2D eigenvalue weighted by Crippen LogP contribution is 2.24. The van der Waals surface area contributed by atoms with Crippen LogP contribution in [0.2, 0.25) is 0 Å². The van der Waals surface area contributed by atoms with Crippen LogP contribution in [0.1, 0.15) is 44.9 Å². The fourth-order valence-electron chi connectivity index (χ4n) is 3.89. The molecule has 3 rings (SSSR count). The Bertz CT molecular complexity index is 482. The van der Waals surface area contributed by atoms with Gasteiger partial charge in [-0.15, -0.1) is 0 Å². The number of hydrogen-bond acceptors (Lipinski definition) is 2. The fraction of sp³-hybridized carbons (Fsp3) is 0.684. The third kappa shape index (κ3) is 4.24. The SMILES string of the molecule is O=C(NC[C@@H]1CCCCN(C(=O)C2CC=CC2)C1)C1CC=CC1. The molecule has 0 radical (unpaired) electrons. The Morgan fingerprint density at radius 1 is 0.957 bits per heavy atom. The summed E-state index contributed by atoms with van der Waals surface area (Å²) in [5, 5.41) is 3.12. The summed E-state index contributed by atoms with van der Waals surface area (Å²) in [4.78, 5) is 26.8. The molecule has 0 saturated carbocycles. The molecule has 0 bridgehead atoms. The van der Waals surface area contributed by atoms with Crippen molar-refractivity contribution in [1.82, 2.24) is 10.2 Å². The molecule has 4 nitrogen and oxygen atoms in total. The van der Waals surface area contributed by atoms with Gasteiger partial charge in [-0.25, -0.2) is 0 Å². The van der Waals surface area contributed by atoms with E-state index in [1.54, 1.807) is 0 Å². The van der Waals surface area contributed by atoms with Crippen molar-refractivity contribution >= 4 is 11.8 Å². The van der Waals surface area contributed by atoms with E-state index in [1.807, 2.05) is 0 Å². The lowest BCUT2D eigenvalue weighted by Gasteiger charge is -2.27. The lowest BCUT2D eigenvalue weighted by atomic mass is 10.0. The van der Waals surface area contributed by atoms with Gasteiger partial charge in [-0.1, -0.05) is 30.7 Å². The Morgan fingerprint density at radius 3 is 2.30 bits per heavy atom. The average Bonchev–Trinajstić information content (AvgIpc) is 3.23. The van der Waals surface area contributed by atoms with E-state index < -0.39 is 0 Å². The lowest BCUT2D eigenvalue weighted by molar-refractivity contribution is -0.135. The van der Waals surface area contributed by atoms with Gasteiger partial charge in [0.1, 0.15) is 0 Å². The standard InChI is InChI=1S/C19H28N2O2/c22-18(16-8-1-2-9-16)20-13-15-7-5-6-12-21(14-15)19(23)17-10-3-4-11-17/h1-4,15-17H,5-14H2,(H,20,22)/t15-/m0/s1. The van der Waals surface area contributed by atoms with Crippen molar-refractivity contribution in [1.29, 1.82) is 0 Å². The van der Waals surface area contributed by atoms with Crippen LogP contribution >= 0.6 is 0 Å². The van der Waals surface area contributed by atoms with E-state index in [9.17, 15) is 9.59 Å². The molecule has 1 saturated heterocycles. The molecule has 0 aromatic heterocycles. The first-order chi connectivity index (χ1) is 11.2. The van der Waals surface area contributed by atoms with Crippen LogP contribution in [0.3, 0.4) is 0 Å². The molecule has 1 fully saturated rings. The second kappa shape index (κ2) is 7.80. The quantitative estimate of drug-likeness (QED) is 0.811. The maximum absolute atomic E-state index is 12.6. The van der Waals surface area contributed by atoms with Crippen molar-refractivity contribution in [2.75, 3.05) is 19.6 Å². The summed E-state index contributed by atoms with van der Waals surface area (Å²) < 4.78 is 0. The first-order valence-electron chi connectivity index (χ1n) is 9.10. The van der Waals surface area contributed by atoms with Crippen molar-refractivity contribution in [3.63, 3.8) is 0 Å². The van der Waals surface area contributed by atoms with Gasteiger partial charge in [-0.3, -0.25) is 9.59 Å². The van der Waals surface area contributed by atoms with Gasteiger partial charge in [0, 0.05) is 31.5 Å². The number of amides is 2. The molecule has 2 amide bonds. The number of rotatable bonds is 4. The highest BCUT2D eigenvalue weighted by atomic mass is 16.2. The van der Waals surface area contributed by atoms with Crippen LogP contribution in [0, 0.1) is 17.8 Å². The summed E-state index contributed by atoms with van der Waals surface area (Å²) in [6, 6.07) is 0. The molecule has 126 valence electrons. The molecule has 4 heteroatoms. The zero-order valence-corrected chi connectivity index (χ0v) is 13.9. The largest absolute Gasteiger partial charge is 0.355 e. The second-order valence-electron chi connectivity index (χ2n) is 7.17. The summed E-state index contributed by atoms with van der Waals surface area (Å²) in [6.45, 7) is 2.40. The molecule has 1 aliphatic heterocycles. The number of allylic oxidation sites excluding steroid dienone is 4. The number of carbonyl (C=O) groups is 2. The summed E-state index contributed by atoms with van der Waals surface area (Å²) in [6.07, 6.45) is 15.3. The van der Waals surface area contributed by atoms with E-state index in [4.69, 9.17) is 0 Å². The number of nitrogens with zero attached hydrogens (tertiary/aromatic N) is 1. The minimum atomic E-state index is 0.128. The van der Waals surface area contributed by atoms with E-state index in [0.29, 0.717) is 18.4 Å². The minimum absolute atomic E-state index is 0.128. The molecule has 1 atom stereocenters. The molecule has 3 aliphatic rings. The predicted molar refractivity (Wildman–Crippen MR) is 90.7 cm³/mol. The van der Waals surface area contributed by atoms with Gasteiger partial charge in [0.2, 0.25) is 11.8 Å². The van der Waals surface area contributed by atoms with Crippen molar-refractivity contribution in [3.05, 3.63) is 24.3 Å². The Kier molecular flexibility index (Phi) is 5.52. The maximum atomic E-state index is 12.6. The van der Waals surface area contributed by atoms with E-state index in [1.165, 1.54) is 0 Å². The van der Waals surface area contributed by atoms with Crippen molar-refractivity contribution in [2.45, 2.75) is 44.9 Å². The average molecular weight is 316 g/mol. The Labute approximate surface area is 139 Å². The van der Waals surface area contributed by atoms with Crippen LogP contribution in [0.5, 0.6) is 0 Å². The summed E-state index contributed by atoms with van der Waals surface area (Å²) >= 11 is 0. The molecule has 23 heavy (non-hydrogen) atoms. The molecule has 2 aliphatic carbocycles. The third-order valence-corrected chi connectivity index (χ3v) is 5.38. The molecule has 0 unspecified atom stereocenters. The van der Waals surface area contributed by atoms with Gasteiger partial charge < -0.3 is 10.2 Å². The van der Waals surface area contributed by atoms with Crippen LogP contribution in [0.15, 0.2) is 24.3 Å². The number of carbonyl (C=O) groups excluding carboxylic acids is 2. The first kappa shape index (κ1) is 16.3. The number of hydrogen-bond donors (Lipinski definition) is 1. The molecule has 0 aromatic carbocycles. The smallest absolute Gasteiger partial charge is 0.226 e. The molecule has 0 aromatic rings. The Balaban J connectivity index is 1.48. The Morgan fingerprint density at radius 2 is 1.61 bits per heavy atom. The van der Waals surface area contributed by atoms with Gasteiger partial charge in [0.25, 0.3) is 0 Å². The van der Waals surface area contributed by atoms with Gasteiger partial charge >= 0.3 is 0 Å². The summed E-state index contributed by atoms with van der Waals surface area (Å²) in [5.41, 5.74) is 0. The zero-order valence-electron chi connectivity index (χ0n) is 13.9. The molecule has 0 spiro atoms. The van der Waals surface area contributed by atoms with Gasteiger partial charge in [0.05, 0.1) is 0 Å². The minimum Gasteiger partial charge on any atom is -0.355 e. The molecule has 1 N–H and O–H groups in total. The molecular weight excluding hydrogens is 288 g/mol. The summed E-state index contributed by atoms with van der Waals surface area (Å²) in [5.74, 6) is 1.18. The van der Waals surface area contributed by atoms with E-state index in [0.717, 1.165) is 58.0 Å². The van der Waals surface area contributed by atoms with Gasteiger partial charge in [0.15, 0.2) is 0 Å². The van der Waals surface area contributed by atoms with Crippen molar-refractivity contribution in [3.8, 4) is 0 Å². The van der Waals surface area contributed by atoms with Gasteiger partial charge in [-0.05, 0) is 44.4 Å². The lowest BCUT2D eigenvalue weighted by Crippen LogP contribution is -2.41. The normalized spacial score (nSPS) is 25.7. The van der Waals surface area contributed by atoms with Crippen LogP contribution < -0.4 is 5.32 Å². The van der Waals surface area contributed by atoms with Crippen LogP contribution in [-0.4, -0.2) is 36.3 Å². The maximum Gasteiger partial charge on any atom is 0.226 e. The van der Waals surface area contributed by atoms with E-state index in [-0.39, 0.29) is 17.7 Å². The van der Waals surface area contributed by atoms with E-state index in [2.05, 4.69) is 34.5 Å². The second-order valence-corrected chi connectivity index (χ2v) is 7.17. The van der Waals surface area contributed by atoms with Crippen LogP contribution in [0.4, 0.5) is 0 Å². The highest BCUT2D eigenvalue weighted by molar-refractivity contribution is 5.80. The number of nitrogens with one attached hydrogen (secondary N) is 1. The number of likely N-dealkylation sites (tertiary alicyclic amines) is 1. The monoisotopic (exact) mass is 316 g/mol. The third-order valence-electron chi connectivity index (χ3n) is 5.38. The van der Waals surface area contributed by atoms with Gasteiger partial charge in [-0.2, -0.15) is 0 Å². The van der Waals surface area contributed by atoms with E-state index >= 15 is 0 Å². The molecular formula is C19H28N2O2. The van der Waals surface area contributed by atoms with Crippen molar-refractivity contribution in [2.24, 2.45) is 17.8 Å². The van der Waals surface area contributed by atoms with Crippen LogP contribution in [-0.2, 0) is 9.59 Å². The molecule has 1 heterocycles. The Hall–Kier alpha value is -1.58. The fourth-order valence-corrected chi connectivity index (χ4v) is 3.89. The topological polar surface area (TPSA) is 49.4 Å². The zero-order chi connectivity index (χ0) is 16.1. The highest BCUT2D eigenvalue weighted by Gasteiger charge is 2.28.